The summed E-state index contributed by atoms with van der Waals surface area (Å²) in [7, 11) is 1.74. The molecule has 5 atom stereocenters. The Morgan fingerprint density at radius 2 is 1.82 bits per heavy atom. The van der Waals surface area contributed by atoms with Crippen molar-refractivity contribution in [3.05, 3.63) is 52.1 Å². The van der Waals surface area contributed by atoms with E-state index in [0.29, 0.717) is 63.7 Å². The summed E-state index contributed by atoms with van der Waals surface area (Å²) >= 11 is 1.41. The van der Waals surface area contributed by atoms with Crippen LogP contribution in [0.4, 0.5) is 10.5 Å². The third-order valence-corrected chi connectivity index (χ3v) is 16.4. The third-order valence-electron chi connectivity index (χ3n) is 15.5. The molecule has 17 nitrogen and oxygen atoms in total. The van der Waals surface area contributed by atoms with Crippen molar-refractivity contribution in [2.45, 2.75) is 135 Å². The first-order valence-corrected chi connectivity index (χ1v) is 27.0. The molecule has 4 aromatic rings. The average molecular weight is 996 g/mol. The average Bonchev–Trinajstić information content (AvgIpc) is 4.05. The number of pyridine rings is 1. The summed E-state index contributed by atoms with van der Waals surface area (Å²) in [6.07, 6.45) is 7.76. The molecule has 1 aliphatic carbocycles. The van der Waals surface area contributed by atoms with Gasteiger partial charge in [0, 0.05) is 118 Å². The number of nitrogens with zero attached hydrogens (tertiary/aromatic N) is 7. The number of hydrogen-bond donors (Lipinski definition) is 2. The number of likely N-dealkylation sites (tertiary alicyclic amines) is 1. The monoisotopic (exact) mass is 996 g/mol. The van der Waals surface area contributed by atoms with E-state index in [1.807, 2.05) is 25.4 Å². The van der Waals surface area contributed by atoms with Gasteiger partial charge in [-0.1, -0.05) is 19.9 Å². The highest BCUT2D eigenvalue weighted by Gasteiger charge is 2.42. The highest BCUT2D eigenvalue weighted by molar-refractivity contribution is 7.10. The van der Waals surface area contributed by atoms with Gasteiger partial charge in [-0.15, -0.1) is 11.3 Å². The van der Waals surface area contributed by atoms with Gasteiger partial charge < -0.3 is 43.4 Å². The van der Waals surface area contributed by atoms with E-state index < -0.39 is 35.5 Å². The first-order chi connectivity index (χ1) is 34.4. The van der Waals surface area contributed by atoms with Crippen molar-refractivity contribution >= 4 is 45.8 Å². The number of urea groups is 1. The molecule has 3 aromatic heterocycles. The van der Waals surface area contributed by atoms with Crippen LogP contribution in [0.2, 0.25) is 0 Å². The summed E-state index contributed by atoms with van der Waals surface area (Å²) in [6.45, 7) is 18.0. The summed E-state index contributed by atoms with van der Waals surface area (Å²) in [6, 6.07) is 7.41. The summed E-state index contributed by atoms with van der Waals surface area (Å²) in [4.78, 5) is 60.0. The molecule has 2 N–H and O–H groups in total. The van der Waals surface area contributed by atoms with Crippen molar-refractivity contribution in [1.29, 1.82) is 0 Å². The van der Waals surface area contributed by atoms with E-state index in [2.05, 4.69) is 70.1 Å². The molecule has 18 heteroatoms. The van der Waals surface area contributed by atoms with Gasteiger partial charge >= 0.3 is 12.0 Å². The number of rotatable bonds is 12. The molecule has 71 heavy (non-hydrogen) atoms. The van der Waals surface area contributed by atoms with E-state index in [1.54, 1.807) is 12.0 Å². The lowest BCUT2D eigenvalue weighted by Gasteiger charge is -2.41. The second-order valence-electron chi connectivity index (χ2n) is 21.1. The van der Waals surface area contributed by atoms with E-state index in [1.165, 1.54) is 29.2 Å². The van der Waals surface area contributed by atoms with Crippen LogP contribution in [-0.4, -0.2) is 157 Å². The summed E-state index contributed by atoms with van der Waals surface area (Å²) in [5.41, 5.74) is 10.4. The standard InChI is InChI=1S/C53H73N9O8S/c1-7-68-48-46(56-52(65)60-18-14-33(60)2)50(63)62-17-8-9-42(57-62)51(64)70-32-53(4,5)29-41-39-27-35(43-31-71-49(48)55-43)10-13-44(39)61(23-26-69-38-15-24-67-25-16-38)47(41)40-28-37(30-54-45(40)34(3)66-6)59-21-19-58(20-22-59)36-11-12-36/h10,13,27-28,30-31,33-34,36,38,42,46,48,57H,7-9,11-12,14-26,29,32H2,1-6H3,(H,56,65)/t33-,34+,42+,46+,48+/m1/s1. The number of carbonyl (C=O) groups is 3. The van der Waals surface area contributed by atoms with Gasteiger partial charge in [-0.05, 0) is 95.9 Å². The smallest absolute Gasteiger partial charge is 0.324 e. The molecule has 384 valence electrons. The number of hydrogen-bond acceptors (Lipinski definition) is 14. The number of carbonyl (C=O) groups excluding carboxylic acids is 3. The van der Waals surface area contributed by atoms with Crippen LogP contribution < -0.4 is 15.6 Å². The molecule has 1 saturated carbocycles. The minimum atomic E-state index is -1.13. The molecular formula is C53H73N9O8S. The quantitative estimate of drug-likeness (QED) is 0.141. The minimum absolute atomic E-state index is 0.0514. The van der Waals surface area contributed by atoms with Gasteiger partial charge in [0.2, 0.25) is 0 Å². The van der Waals surface area contributed by atoms with Crippen LogP contribution in [0.1, 0.15) is 108 Å². The molecule has 5 fully saturated rings. The molecule has 0 radical (unpaired) electrons. The number of benzene rings is 1. The molecular weight excluding hydrogens is 923 g/mol. The van der Waals surface area contributed by atoms with Crippen molar-refractivity contribution in [2.24, 2.45) is 5.41 Å². The number of cyclic esters (lactones) is 1. The zero-order chi connectivity index (χ0) is 49.4. The minimum Gasteiger partial charge on any atom is -0.464 e. The Hall–Kier alpha value is -4.69. The largest absolute Gasteiger partial charge is 0.464 e. The van der Waals surface area contributed by atoms with Gasteiger partial charge in [-0.2, -0.15) is 0 Å². The van der Waals surface area contributed by atoms with Crippen molar-refractivity contribution in [2.75, 3.05) is 84.3 Å². The Morgan fingerprint density at radius 3 is 2.54 bits per heavy atom. The van der Waals surface area contributed by atoms with Crippen LogP contribution in [0, 0.1) is 5.41 Å². The van der Waals surface area contributed by atoms with Crippen molar-refractivity contribution in [3.8, 4) is 22.5 Å². The van der Waals surface area contributed by atoms with Gasteiger partial charge in [0.25, 0.3) is 5.91 Å². The third kappa shape index (κ3) is 10.7. The highest BCUT2D eigenvalue weighted by Crippen LogP contribution is 2.44. The lowest BCUT2D eigenvalue weighted by Crippen LogP contribution is -2.63. The maximum Gasteiger partial charge on any atom is 0.324 e. The molecule has 3 amide bonds. The maximum atomic E-state index is 14.7. The van der Waals surface area contributed by atoms with Crippen molar-refractivity contribution in [1.82, 2.24) is 40.1 Å². The Bertz CT molecular complexity index is 2550. The van der Waals surface area contributed by atoms with E-state index in [0.717, 1.165) is 102 Å². The molecule has 0 spiro atoms. The molecule has 6 bridgehead atoms. The molecule has 10 rings (SSSR count). The van der Waals surface area contributed by atoms with Crippen LogP contribution in [0.15, 0.2) is 35.8 Å². The van der Waals surface area contributed by atoms with Crippen molar-refractivity contribution < 1.29 is 38.1 Å². The van der Waals surface area contributed by atoms with Crippen LogP contribution >= 0.6 is 11.3 Å². The summed E-state index contributed by atoms with van der Waals surface area (Å²) < 4.78 is 33.5. The number of amides is 3. The Labute approximate surface area is 421 Å². The number of aromatic nitrogens is 3. The Morgan fingerprint density at radius 1 is 1.01 bits per heavy atom. The fourth-order valence-electron chi connectivity index (χ4n) is 11.0. The van der Waals surface area contributed by atoms with Gasteiger partial charge in [-0.3, -0.25) is 24.5 Å². The van der Waals surface area contributed by atoms with E-state index in [4.69, 9.17) is 33.7 Å². The lowest BCUT2D eigenvalue weighted by atomic mass is 9.84. The molecule has 5 aliphatic heterocycles. The first-order valence-electron chi connectivity index (χ1n) is 26.1. The van der Waals surface area contributed by atoms with Crippen LogP contribution in [0.25, 0.3) is 33.4 Å². The second-order valence-corrected chi connectivity index (χ2v) is 22.0. The number of hydrazine groups is 1. The topological polar surface area (TPSA) is 165 Å². The van der Waals surface area contributed by atoms with Crippen LogP contribution in [-0.2, 0) is 46.2 Å². The van der Waals surface area contributed by atoms with Crippen LogP contribution in [0.3, 0.4) is 0 Å². The number of anilines is 1. The van der Waals surface area contributed by atoms with E-state index in [9.17, 15) is 14.4 Å². The maximum absolute atomic E-state index is 14.7. The number of ether oxygens (including phenoxy) is 5. The summed E-state index contributed by atoms with van der Waals surface area (Å²) in [5, 5.41) is 8.14. The molecule has 4 saturated heterocycles. The van der Waals surface area contributed by atoms with E-state index in [-0.39, 0.29) is 37.5 Å². The molecule has 6 aliphatic rings. The number of nitrogens with one attached hydrogen (secondary N) is 2. The predicted molar refractivity (Wildman–Crippen MR) is 272 cm³/mol. The summed E-state index contributed by atoms with van der Waals surface area (Å²) in [5.74, 6) is -0.828. The number of thiazole rings is 1. The second kappa shape index (κ2) is 21.4. The Kier molecular flexibility index (Phi) is 15.0. The highest BCUT2D eigenvalue weighted by atomic mass is 32.1. The number of fused-ring (bicyclic) bond motifs is 6. The normalized spacial score (nSPS) is 25.2. The molecule has 1 aromatic carbocycles. The lowest BCUT2D eigenvalue weighted by molar-refractivity contribution is -0.156. The van der Waals surface area contributed by atoms with Crippen molar-refractivity contribution in [3.63, 3.8) is 0 Å². The fraction of sp³-hybridized carbons (Fsp3) is 0.642. The predicted octanol–water partition coefficient (Wildman–Crippen LogP) is 6.89. The van der Waals surface area contributed by atoms with Gasteiger partial charge in [0.1, 0.15) is 23.2 Å². The van der Waals surface area contributed by atoms with Gasteiger partial charge in [0.05, 0.1) is 54.4 Å². The molecule has 0 unspecified atom stereocenters. The number of piperazine rings is 1. The van der Waals surface area contributed by atoms with Gasteiger partial charge in [-0.25, -0.2) is 15.2 Å². The van der Waals surface area contributed by atoms with E-state index >= 15 is 0 Å². The zero-order valence-electron chi connectivity index (χ0n) is 42.5. The molecule has 8 heterocycles. The van der Waals surface area contributed by atoms with Crippen LogP contribution in [0.5, 0.6) is 0 Å². The Balaban J connectivity index is 1.12. The number of methoxy groups -OCH3 is 1. The first kappa shape index (κ1) is 49.9. The number of esters is 1. The fourth-order valence-corrected chi connectivity index (χ4v) is 11.9. The zero-order valence-corrected chi connectivity index (χ0v) is 43.3. The SMILES string of the molecule is CCO[C@@H]1c2nc(cs2)-c2ccc3c(c2)c(c(-c2cc(N4CCN(C5CC5)CC4)cnc2[C@H](C)OC)n3CCOC2CCOCC2)CC(C)(C)COC(=O)[C@@H]2CCCN(N2)C(=O)[C@H]1NC(=O)N1CC[C@H]1C. The van der Waals surface area contributed by atoms with Gasteiger partial charge in [0.15, 0.2) is 0 Å².